The molecule has 1 amide bonds. The van der Waals surface area contributed by atoms with E-state index in [0.717, 1.165) is 0 Å². The van der Waals surface area contributed by atoms with Crippen LogP contribution in [0.5, 0.6) is 0 Å². The summed E-state index contributed by atoms with van der Waals surface area (Å²) in [7, 11) is -1.40. The molecule has 0 saturated heterocycles. The summed E-state index contributed by atoms with van der Waals surface area (Å²) in [5.74, 6) is -1.36. The second-order valence-corrected chi connectivity index (χ2v) is 6.11. The molecular formula is C16H15NO4S. The van der Waals surface area contributed by atoms with Gasteiger partial charge in [0, 0.05) is 22.2 Å². The maximum atomic E-state index is 12.0. The molecule has 0 aromatic heterocycles. The van der Waals surface area contributed by atoms with E-state index in [1.807, 2.05) is 6.07 Å². The van der Waals surface area contributed by atoms with Crippen molar-refractivity contribution in [1.82, 2.24) is 0 Å². The Labute approximate surface area is 130 Å². The van der Waals surface area contributed by atoms with Crippen molar-refractivity contribution in [2.24, 2.45) is 0 Å². The Balaban J connectivity index is 1.91. The Kier molecular flexibility index (Phi) is 5.43. The predicted molar refractivity (Wildman–Crippen MR) is 85.2 cm³/mol. The van der Waals surface area contributed by atoms with E-state index in [4.69, 9.17) is 5.11 Å². The van der Waals surface area contributed by atoms with Crippen molar-refractivity contribution in [3.63, 3.8) is 0 Å². The molecule has 0 bridgehead atoms. The summed E-state index contributed by atoms with van der Waals surface area (Å²) in [4.78, 5) is 22.7. The van der Waals surface area contributed by atoms with Gasteiger partial charge in [0.2, 0.25) is 5.91 Å². The average Bonchev–Trinajstić information content (AvgIpc) is 2.48. The summed E-state index contributed by atoms with van der Waals surface area (Å²) in [6.07, 6.45) is 0. The molecule has 2 aromatic rings. The van der Waals surface area contributed by atoms with Crippen LogP contribution in [0.4, 0.5) is 5.69 Å². The third-order valence-corrected chi connectivity index (χ3v) is 4.09. The predicted octanol–water partition coefficient (Wildman–Crippen LogP) is 2.27. The van der Waals surface area contributed by atoms with Crippen LogP contribution in [-0.4, -0.2) is 26.9 Å². The number of carbonyl (C=O) groups excluding carboxylic acids is 1. The zero-order chi connectivity index (χ0) is 15.9. The molecule has 2 rings (SSSR count). The standard InChI is InChI=1S/C16H15NO4S/c18-15(17-14-7-2-1-3-8-14)11-22(21)10-12-5-4-6-13(9-12)16(19)20/h1-9H,10-11H2,(H,17,18)(H,19,20). The van der Waals surface area contributed by atoms with E-state index in [1.54, 1.807) is 36.4 Å². The van der Waals surface area contributed by atoms with Crippen molar-refractivity contribution in [2.45, 2.75) is 5.75 Å². The first-order chi connectivity index (χ1) is 10.5. The second-order valence-electron chi connectivity index (χ2n) is 4.65. The fourth-order valence-corrected chi connectivity index (χ4v) is 2.91. The number of carboxylic acid groups (broad SMARTS) is 1. The summed E-state index contributed by atoms with van der Waals surface area (Å²) in [6, 6.07) is 15.1. The molecule has 1 unspecified atom stereocenters. The van der Waals surface area contributed by atoms with Crippen molar-refractivity contribution in [3.8, 4) is 0 Å². The van der Waals surface area contributed by atoms with Gasteiger partial charge >= 0.3 is 5.97 Å². The molecule has 2 aromatic carbocycles. The van der Waals surface area contributed by atoms with E-state index in [-0.39, 0.29) is 23.0 Å². The number of amides is 1. The first kappa shape index (κ1) is 15.9. The molecule has 22 heavy (non-hydrogen) atoms. The normalized spacial score (nSPS) is 11.6. The summed E-state index contributed by atoms with van der Waals surface area (Å²) < 4.78 is 12.0. The molecular weight excluding hydrogens is 302 g/mol. The Hall–Kier alpha value is -2.47. The third kappa shape index (κ3) is 4.82. The van der Waals surface area contributed by atoms with Crippen molar-refractivity contribution in [2.75, 3.05) is 11.1 Å². The van der Waals surface area contributed by atoms with Gasteiger partial charge < -0.3 is 10.4 Å². The molecule has 0 heterocycles. The van der Waals surface area contributed by atoms with Crippen LogP contribution in [0, 0.1) is 0 Å². The van der Waals surface area contributed by atoms with Gasteiger partial charge in [-0.2, -0.15) is 0 Å². The number of rotatable bonds is 6. The minimum Gasteiger partial charge on any atom is -0.478 e. The number of carbonyl (C=O) groups is 2. The number of para-hydroxylation sites is 1. The molecule has 6 heteroatoms. The second kappa shape index (κ2) is 7.51. The lowest BCUT2D eigenvalue weighted by Gasteiger charge is -2.06. The molecule has 0 saturated carbocycles. The number of hydrogen-bond acceptors (Lipinski definition) is 3. The van der Waals surface area contributed by atoms with Crippen molar-refractivity contribution >= 4 is 28.4 Å². The van der Waals surface area contributed by atoms with Crippen LogP contribution in [0.15, 0.2) is 54.6 Å². The van der Waals surface area contributed by atoms with Crippen LogP contribution >= 0.6 is 0 Å². The van der Waals surface area contributed by atoms with E-state index in [0.29, 0.717) is 11.3 Å². The van der Waals surface area contributed by atoms with Gasteiger partial charge in [-0.3, -0.25) is 9.00 Å². The van der Waals surface area contributed by atoms with Crippen LogP contribution in [0.3, 0.4) is 0 Å². The molecule has 5 nitrogen and oxygen atoms in total. The Morgan fingerprint density at radius 2 is 1.77 bits per heavy atom. The molecule has 0 aliphatic rings. The summed E-state index contributed by atoms with van der Waals surface area (Å²) in [6.45, 7) is 0. The first-order valence-electron chi connectivity index (χ1n) is 6.57. The Morgan fingerprint density at radius 1 is 1.05 bits per heavy atom. The highest BCUT2D eigenvalue weighted by Crippen LogP contribution is 2.09. The Bertz CT molecular complexity index is 700. The minimum absolute atomic E-state index is 0.133. The smallest absolute Gasteiger partial charge is 0.335 e. The highest BCUT2D eigenvalue weighted by molar-refractivity contribution is 7.84. The van der Waals surface area contributed by atoms with Crippen molar-refractivity contribution < 1.29 is 18.9 Å². The average molecular weight is 317 g/mol. The van der Waals surface area contributed by atoms with Gasteiger partial charge in [0.15, 0.2) is 0 Å². The van der Waals surface area contributed by atoms with Gasteiger partial charge in [0.1, 0.15) is 5.75 Å². The lowest BCUT2D eigenvalue weighted by Crippen LogP contribution is -2.20. The summed E-state index contributed by atoms with van der Waals surface area (Å²) in [5, 5.41) is 11.6. The molecule has 0 fully saturated rings. The van der Waals surface area contributed by atoms with Crippen LogP contribution in [0.2, 0.25) is 0 Å². The summed E-state index contributed by atoms with van der Waals surface area (Å²) in [5.41, 5.74) is 1.42. The topological polar surface area (TPSA) is 83.5 Å². The number of nitrogens with one attached hydrogen (secondary N) is 1. The largest absolute Gasteiger partial charge is 0.478 e. The number of anilines is 1. The van der Waals surface area contributed by atoms with Crippen molar-refractivity contribution in [3.05, 3.63) is 65.7 Å². The third-order valence-electron chi connectivity index (χ3n) is 2.85. The Morgan fingerprint density at radius 3 is 2.45 bits per heavy atom. The monoisotopic (exact) mass is 317 g/mol. The zero-order valence-corrected chi connectivity index (χ0v) is 12.5. The molecule has 1 atom stereocenters. The quantitative estimate of drug-likeness (QED) is 0.856. The molecule has 0 aliphatic carbocycles. The van der Waals surface area contributed by atoms with Gasteiger partial charge in [-0.25, -0.2) is 4.79 Å². The van der Waals surface area contributed by atoms with Crippen LogP contribution < -0.4 is 5.32 Å². The molecule has 0 aliphatic heterocycles. The fraction of sp³-hybridized carbons (Fsp3) is 0.125. The molecule has 114 valence electrons. The maximum absolute atomic E-state index is 12.0. The van der Waals surface area contributed by atoms with Crippen molar-refractivity contribution in [1.29, 1.82) is 0 Å². The lowest BCUT2D eigenvalue weighted by molar-refractivity contribution is -0.113. The SMILES string of the molecule is O=C(CS(=O)Cc1cccc(C(=O)O)c1)Nc1ccccc1. The van der Waals surface area contributed by atoms with Crippen LogP contribution in [0.1, 0.15) is 15.9 Å². The van der Waals surface area contributed by atoms with E-state index in [9.17, 15) is 13.8 Å². The van der Waals surface area contributed by atoms with E-state index in [2.05, 4.69) is 5.32 Å². The number of hydrogen-bond donors (Lipinski definition) is 2. The lowest BCUT2D eigenvalue weighted by atomic mass is 10.1. The van der Waals surface area contributed by atoms with Gasteiger partial charge in [0.25, 0.3) is 0 Å². The minimum atomic E-state index is -1.40. The summed E-state index contributed by atoms with van der Waals surface area (Å²) >= 11 is 0. The maximum Gasteiger partial charge on any atom is 0.335 e. The first-order valence-corrected chi connectivity index (χ1v) is 8.05. The van der Waals surface area contributed by atoms with Gasteiger partial charge in [0.05, 0.1) is 5.56 Å². The molecule has 0 radical (unpaired) electrons. The molecule has 2 N–H and O–H groups in total. The highest BCUT2D eigenvalue weighted by Gasteiger charge is 2.10. The van der Waals surface area contributed by atoms with Crippen LogP contribution in [-0.2, 0) is 21.3 Å². The van der Waals surface area contributed by atoms with E-state index >= 15 is 0 Å². The zero-order valence-electron chi connectivity index (χ0n) is 11.7. The van der Waals surface area contributed by atoms with Crippen LogP contribution in [0.25, 0.3) is 0 Å². The van der Waals surface area contributed by atoms with Gasteiger partial charge in [-0.05, 0) is 29.8 Å². The number of aromatic carboxylic acids is 1. The highest BCUT2D eigenvalue weighted by atomic mass is 32.2. The van der Waals surface area contributed by atoms with Gasteiger partial charge in [-0.15, -0.1) is 0 Å². The van der Waals surface area contributed by atoms with E-state index in [1.165, 1.54) is 12.1 Å². The number of benzene rings is 2. The number of carboxylic acids is 1. The fourth-order valence-electron chi connectivity index (χ4n) is 1.90. The molecule has 0 spiro atoms. The van der Waals surface area contributed by atoms with E-state index < -0.39 is 16.8 Å². The van der Waals surface area contributed by atoms with Gasteiger partial charge in [-0.1, -0.05) is 30.3 Å².